The van der Waals surface area contributed by atoms with Crippen LogP contribution in [0, 0.1) is 0 Å². The van der Waals surface area contributed by atoms with Crippen LogP contribution in [-0.2, 0) is 15.6 Å². The molecule has 174 valence electrons. The number of amides is 2. The van der Waals surface area contributed by atoms with Gasteiger partial charge in [-0.25, -0.2) is 0 Å². The minimum absolute atomic E-state index is 0.0353. The van der Waals surface area contributed by atoms with Gasteiger partial charge in [-0.05, 0) is 65.6 Å². The van der Waals surface area contributed by atoms with Gasteiger partial charge in [-0.3, -0.25) is 9.59 Å². The molecule has 0 aliphatic heterocycles. The maximum absolute atomic E-state index is 12.5. The summed E-state index contributed by atoms with van der Waals surface area (Å²) in [6.07, 6.45) is 0.871. The Morgan fingerprint density at radius 1 is 0.938 bits per heavy atom. The summed E-state index contributed by atoms with van der Waals surface area (Å²) in [5.41, 5.74) is 3.42. The molecule has 5 heteroatoms. The van der Waals surface area contributed by atoms with E-state index in [1.54, 1.807) is 24.3 Å². The summed E-state index contributed by atoms with van der Waals surface area (Å²) in [5.74, 6) is 0.355. The Kier molecular flexibility index (Phi) is 8.11. The monoisotopic (exact) mass is 438 g/mol. The van der Waals surface area contributed by atoms with Crippen LogP contribution in [0.25, 0.3) is 0 Å². The molecule has 0 aliphatic rings. The third kappa shape index (κ3) is 7.11. The maximum atomic E-state index is 12.5. The SMILES string of the molecule is CCC(C)NC(=O)c1ccc(NC(=O)COc2ccc(C(C)(C)C)cc2C(C)(C)C)cc1. The van der Waals surface area contributed by atoms with Crippen molar-refractivity contribution in [3.63, 3.8) is 0 Å². The standard InChI is InChI=1S/C27H38N2O3/c1-9-18(2)28-25(31)19-10-13-21(14-11-19)29-24(30)17-32-23-15-12-20(26(3,4)5)16-22(23)27(6,7)8/h10-16,18H,9,17H2,1-8H3,(H,28,31)(H,29,30). The van der Waals surface area contributed by atoms with E-state index < -0.39 is 0 Å². The number of carbonyl (C=O) groups is 2. The maximum Gasteiger partial charge on any atom is 0.262 e. The third-order valence-electron chi connectivity index (χ3n) is 5.43. The first-order chi connectivity index (χ1) is 14.8. The lowest BCUT2D eigenvalue weighted by Gasteiger charge is -2.27. The van der Waals surface area contributed by atoms with Gasteiger partial charge in [0.15, 0.2) is 6.61 Å². The molecule has 0 saturated carbocycles. The van der Waals surface area contributed by atoms with Gasteiger partial charge in [0.2, 0.25) is 0 Å². The lowest BCUT2D eigenvalue weighted by Crippen LogP contribution is -2.31. The second-order valence-electron chi connectivity index (χ2n) is 10.4. The Hall–Kier alpha value is -2.82. The highest BCUT2D eigenvalue weighted by Crippen LogP contribution is 2.35. The largest absolute Gasteiger partial charge is 0.483 e. The molecule has 1 atom stereocenters. The fourth-order valence-electron chi connectivity index (χ4n) is 3.16. The van der Waals surface area contributed by atoms with Gasteiger partial charge in [-0.15, -0.1) is 0 Å². The van der Waals surface area contributed by atoms with Gasteiger partial charge in [-0.2, -0.15) is 0 Å². The molecule has 32 heavy (non-hydrogen) atoms. The molecule has 0 bridgehead atoms. The van der Waals surface area contributed by atoms with E-state index in [9.17, 15) is 9.59 Å². The van der Waals surface area contributed by atoms with Gasteiger partial charge in [0, 0.05) is 17.3 Å². The summed E-state index contributed by atoms with van der Waals surface area (Å²) in [6.45, 7) is 16.9. The summed E-state index contributed by atoms with van der Waals surface area (Å²) >= 11 is 0. The summed E-state index contributed by atoms with van der Waals surface area (Å²) in [4.78, 5) is 24.6. The predicted octanol–water partition coefficient (Wildman–Crippen LogP) is 5.83. The van der Waals surface area contributed by atoms with Gasteiger partial charge < -0.3 is 15.4 Å². The minimum Gasteiger partial charge on any atom is -0.483 e. The Balaban J connectivity index is 2.03. The van der Waals surface area contributed by atoms with E-state index in [1.165, 1.54) is 5.56 Å². The van der Waals surface area contributed by atoms with E-state index in [2.05, 4.69) is 64.3 Å². The Labute approximate surface area is 192 Å². The predicted molar refractivity (Wildman–Crippen MR) is 132 cm³/mol. The third-order valence-corrected chi connectivity index (χ3v) is 5.43. The fourth-order valence-corrected chi connectivity index (χ4v) is 3.16. The van der Waals surface area contributed by atoms with Crippen LogP contribution >= 0.6 is 0 Å². The van der Waals surface area contributed by atoms with Gasteiger partial charge >= 0.3 is 0 Å². The number of carbonyl (C=O) groups excluding carboxylic acids is 2. The fraction of sp³-hybridized carbons (Fsp3) is 0.481. The van der Waals surface area contributed by atoms with Crippen molar-refractivity contribution in [2.24, 2.45) is 0 Å². The number of benzene rings is 2. The van der Waals surface area contributed by atoms with Crippen molar-refractivity contribution >= 4 is 17.5 Å². The highest BCUT2D eigenvalue weighted by Gasteiger charge is 2.23. The van der Waals surface area contributed by atoms with Gasteiger partial charge in [0.1, 0.15) is 5.75 Å². The van der Waals surface area contributed by atoms with Crippen LogP contribution in [0.4, 0.5) is 5.69 Å². The topological polar surface area (TPSA) is 67.4 Å². The molecule has 0 heterocycles. The molecule has 0 aromatic heterocycles. The van der Waals surface area contributed by atoms with Crippen LogP contribution < -0.4 is 15.4 Å². The molecule has 2 aromatic carbocycles. The molecule has 0 radical (unpaired) electrons. The van der Waals surface area contributed by atoms with Crippen molar-refractivity contribution in [1.82, 2.24) is 5.32 Å². The van der Waals surface area contributed by atoms with Crippen molar-refractivity contribution in [2.75, 3.05) is 11.9 Å². The Morgan fingerprint density at radius 3 is 2.09 bits per heavy atom. The van der Waals surface area contributed by atoms with Crippen LogP contribution in [0.1, 0.15) is 83.3 Å². The van der Waals surface area contributed by atoms with Crippen molar-refractivity contribution < 1.29 is 14.3 Å². The Bertz CT molecular complexity index is 935. The lowest BCUT2D eigenvalue weighted by molar-refractivity contribution is -0.118. The van der Waals surface area contributed by atoms with E-state index >= 15 is 0 Å². The van der Waals surface area contributed by atoms with Gasteiger partial charge in [0.25, 0.3) is 11.8 Å². The Morgan fingerprint density at radius 2 is 1.56 bits per heavy atom. The second kappa shape index (κ2) is 10.2. The highest BCUT2D eigenvalue weighted by atomic mass is 16.5. The quantitative estimate of drug-likeness (QED) is 0.572. The number of anilines is 1. The van der Waals surface area contributed by atoms with Crippen LogP contribution in [-0.4, -0.2) is 24.5 Å². The lowest BCUT2D eigenvalue weighted by atomic mass is 9.80. The zero-order valence-corrected chi connectivity index (χ0v) is 20.8. The van der Waals surface area contributed by atoms with Crippen LogP contribution in [0.3, 0.4) is 0 Å². The number of ether oxygens (including phenoxy) is 1. The smallest absolute Gasteiger partial charge is 0.262 e. The van der Waals surface area contributed by atoms with E-state index in [0.29, 0.717) is 11.3 Å². The van der Waals surface area contributed by atoms with Crippen LogP contribution in [0.15, 0.2) is 42.5 Å². The summed E-state index contributed by atoms with van der Waals surface area (Å²) in [7, 11) is 0. The summed E-state index contributed by atoms with van der Waals surface area (Å²) < 4.78 is 5.91. The summed E-state index contributed by atoms with van der Waals surface area (Å²) in [6, 6.07) is 13.2. The molecule has 0 saturated heterocycles. The molecule has 5 nitrogen and oxygen atoms in total. The molecule has 2 N–H and O–H groups in total. The summed E-state index contributed by atoms with van der Waals surface area (Å²) in [5, 5.41) is 5.76. The number of hydrogen-bond donors (Lipinski definition) is 2. The molecule has 1 unspecified atom stereocenters. The van der Waals surface area contributed by atoms with Crippen LogP contribution in [0.2, 0.25) is 0 Å². The molecule has 0 aliphatic carbocycles. The molecule has 2 rings (SSSR count). The van der Waals surface area contributed by atoms with Crippen molar-refractivity contribution in [2.45, 2.75) is 78.7 Å². The number of rotatable bonds is 7. The average molecular weight is 439 g/mol. The zero-order chi connectivity index (χ0) is 24.1. The minimum atomic E-state index is -0.249. The first-order valence-electron chi connectivity index (χ1n) is 11.3. The highest BCUT2D eigenvalue weighted by molar-refractivity contribution is 5.96. The van der Waals surface area contributed by atoms with Gasteiger partial charge in [-0.1, -0.05) is 60.6 Å². The second-order valence-corrected chi connectivity index (χ2v) is 10.4. The van der Waals surface area contributed by atoms with Gasteiger partial charge in [0.05, 0.1) is 0 Å². The molecule has 2 amide bonds. The van der Waals surface area contributed by atoms with E-state index in [4.69, 9.17) is 4.74 Å². The molecule has 2 aromatic rings. The molecular formula is C27H38N2O3. The van der Waals surface area contributed by atoms with Crippen LogP contribution in [0.5, 0.6) is 5.75 Å². The average Bonchev–Trinajstić information content (AvgIpc) is 2.71. The van der Waals surface area contributed by atoms with Crippen molar-refractivity contribution in [1.29, 1.82) is 0 Å². The zero-order valence-electron chi connectivity index (χ0n) is 20.8. The first-order valence-corrected chi connectivity index (χ1v) is 11.3. The molecule has 0 fully saturated rings. The molecular weight excluding hydrogens is 400 g/mol. The normalized spacial score (nSPS) is 12.8. The van der Waals surface area contributed by atoms with Crippen molar-refractivity contribution in [3.8, 4) is 5.75 Å². The van der Waals surface area contributed by atoms with E-state index in [-0.39, 0.29) is 35.3 Å². The van der Waals surface area contributed by atoms with E-state index in [0.717, 1.165) is 17.7 Å². The molecule has 0 spiro atoms. The number of nitrogens with one attached hydrogen (secondary N) is 2. The van der Waals surface area contributed by atoms with E-state index in [1.807, 2.05) is 19.9 Å². The first kappa shape index (κ1) is 25.4. The number of hydrogen-bond acceptors (Lipinski definition) is 3. The van der Waals surface area contributed by atoms with Crippen molar-refractivity contribution in [3.05, 3.63) is 59.2 Å².